The largest absolute Gasteiger partial charge is 0.477 e. The van der Waals surface area contributed by atoms with Crippen LogP contribution in [-0.2, 0) is 11.2 Å². The summed E-state index contributed by atoms with van der Waals surface area (Å²) >= 11 is 0.928. The third-order valence-electron chi connectivity index (χ3n) is 2.74. The van der Waals surface area contributed by atoms with Crippen LogP contribution in [0.3, 0.4) is 0 Å². The Morgan fingerprint density at radius 3 is 2.57 bits per heavy atom. The highest BCUT2D eigenvalue weighted by molar-refractivity contribution is 7.18. The maximum Gasteiger partial charge on any atom is 0.346 e. The van der Waals surface area contributed by atoms with E-state index in [0.717, 1.165) is 17.4 Å². The summed E-state index contributed by atoms with van der Waals surface area (Å²) in [5, 5.41) is 11.8. The number of carbonyl (C=O) groups excluding carboxylic acids is 1. The summed E-state index contributed by atoms with van der Waals surface area (Å²) in [5.41, 5.74) is 0.608. The van der Waals surface area contributed by atoms with Gasteiger partial charge in [0, 0.05) is 6.07 Å². The second-order valence-corrected chi connectivity index (χ2v) is 5.44. The Kier molecular flexibility index (Phi) is 4.32. The third kappa shape index (κ3) is 3.63. The molecule has 110 valence electrons. The van der Waals surface area contributed by atoms with Crippen LogP contribution in [0.25, 0.3) is 0 Å². The van der Waals surface area contributed by atoms with Crippen LogP contribution in [0.5, 0.6) is 0 Å². The van der Waals surface area contributed by atoms with Gasteiger partial charge in [0.2, 0.25) is 5.91 Å². The van der Waals surface area contributed by atoms with Gasteiger partial charge in [-0.05, 0) is 30.2 Å². The lowest BCUT2D eigenvalue weighted by Crippen LogP contribution is -2.14. The van der Waals surface area contributed by atoms with Crippen LogP contribution in [-0.4, -0.2) is 17.0 Å². The molecule has 0 aliphatic rings. The fourth-order valence-electron chi connectivity index (χ4n) is 1.78. The zero-order valence-corrected chi connectivity index (χ0v) is 11.8. The number of hydrogen-bond acceptors (Lipinski definition) is 3. The Bertz CT molecular complexity index is 712. The van der Waals surface area contributed by atoms with Crippen molar-refractivity contribution in [1.29, 1.82) is 0 Å². The molecular formula is C14H11F2NO3S. The van der Waals surface area contributed by atoms with Crippen LogP contribution < -0.4 is 5.32 Å². The Hall–Kier alpha value is -2.28. The summed E-state index contributed by atoms with van der Waals surface area (Å²) in [4.78, 5) is 22.8. The number of aryl methyl sites for hydroxylation is 1. The lowest BCUT2D eigenvalue weighted by molar-refractivity contribution is -0.115. The zero-order chi connectivity index (χ0) is 15.6. The molecule has 21 heavy (non-hydrogen) atoms. The molecule has 1 heterocycles. The highest BCUT2D eigenvalue weighted by Gasteiger charge is 2.15. The Morgan fingerprint density at radius 1 is 1.29 bits per heavy atom. The van der Waals surface area contributed by atoms with Crippen molar-refractivity contribution in [3.63, 3.8) is 0 Å². The monoisotopic (exact) mass is 311 g/mol. The molecular weight excluding hydrogens is 300 g/mol. The van der Waals surface area contributed by atoms with Gasteiger partial charge >= 0.3 is 5.97 Å². The summed E-state index contributed by atoms with van der Waals surface area (Å²) in [5.74, 6) is -3.07. The van der Waals surface area contributed by atoms with Crippen molar-refractivity contribution >= 4 is 28.2 Å². The first-order valence-electron chi connectivity index (χ1n) is 5.94. The van der Waals surface area contributed by atoms with E-state index in [4.69, 9.17) is 5.11 Å². The van der Waals surface area contributed by atoms with E-state index in [-0.39, 0.29) is 16.9 Å². The van der Waals surface area contributed by atoms with Crippen molar-refractivity contribution in [3.8, 4) is 0 Å². The fourth-order valence-corrected chi connectivity index (χ4v) is 2.70. The number of halogens is 2. The van der Waals surface area contributed by atoms with E-state index in [2.05, 4.69) is 5.32 Å². The summed E-state index contributed by atoms with van der Waals surface area (Å²) < 4.78 is 26.2. The zero-order valence-electron chi connectivity index (χ0n) is 10.9. The quantitative estimate of drug-likeness (QED) is 0.911. The van der Waals surface area contributed by atoms with E-state index in [1.165, 1.54) is 12.1 Å². The topological polar surface area (TPSA) is 66.4 Å². The van der Waals surface area contributed by atoms with Crippen LogP contribution in [0.15, 0.2) is 24.3 Å². The molecule has 1 amide bonds. The number of thiophene rings is 1. The van der Waals surface area contributed by atoms with E-state index in [0.29, 0.717) is 16.6 Å². The molecule has 1 aromatic heterocycles. The first-order valence-corrected chi connectivity index (χ1v) is 6.76. The summed E-state index contributed by atoms with van der Waals surface area (Å²) in [6.07, 6.45) is -0.258. The van der Waals surface area contributed by atoms with E-state index in [9.17, 15) is 18.4 Å². The number of hydrogen-bond donors (Lipinski definition) is 2. The lowest BCUT2D eigenvalue weighted by Gasteiger charge is -2.04. The molecule has 0 bridgehead atoms. The highest BCUT2D eigenvalue weighted by atomic mass is 32.1. The van der Waals surface area contributed by atoms with Crippen molar-refractivity contribution in [3.05, 3.63) is 51.9 Å². The number of rotatable bonds is 4. The van der Waals surface area contributed by atoms with E-state index < -0.39 is 23.5 Å². The van der Waals surface area contributed by atoms with Gasteiger partial charge in [-0.2, -0.15) is 0 Å². The Labute approximate surface area is 123 Å². The molecule has 0 aliphatic heterocycles. The van der Waals surface area contributed by atoms with Crippen LogP contribution in [0.4, 0.5) is 13.8 Å². The van der Waals surface area contributed by atoms with Gasteiger partial charge in [0.1, 0.15) is 16.5 Å². The molecule has 0 saturated heterocycles. The summed E-state index contributed by atoms with van der Waals surface area (Å²) in [6.45, 7) is 1.62. The van der Waals surface area contributed by atoms with E-state index in [1.807, 2.05) is 0 Å². The van der Waals surface area contributed by atoms with Crippen LogP contribution in [0.1, 0.15) is 20.8 Å². The summed E-state index contributed by atoms with van der Waals surface area (Å²) in [7, 11) is 0. The van der Waals surface area contributed by atoms with Gasteiger partial charge in [0.05, 0.1) is 11.4 Å². The molecule has 1 aromatic carbocycles. The second kappa shape index (κ2) is 6.01. The molecule has 0 radical (unpaired) electrons. The minimum Gasteiger partial charge on any atom is -0.477 e. The van der Waals surface area contributed by atoms with Crippen molar-refractivity contribution in [2.75, 3.05) is 5.32 Å². The number of carboxylic acids is 1. The fraction of sp³-hybridized carbons (Fsp3) is 0.143. The lowest BCUT2D eigenvalue weighted by atomic mass is 10.1. The smallest absolute Gasteiger partial charge is 0.346 e. The predicted molar refractivity (Wildman–Crippen MR) is 74.7 cm³/mol. The number of anilines is 1. The molecule has 0 saturated carbocycles. The van der Waals surface area contributed by atoms with Crippen LogP contribution in [0, 0.1) is 18.6 Å². The van der Waals surface area contributed by atoms with Gasteiger partial charge in [0.25, 0.3) is 0 Å². The number of aromatic carboxylic acids is 1. The van der Waals surface area contributed by atoms with Crippen molar-refractivity contribution < 1.29 is 23.5 Å². The average molecular weight is 311 g/mol. The van der Waals surface area contributed by atoms with Gasteiger partial charge in [0.15, 0.2) is 0 Å². The van der Waals surface area contributed by atoms with Crippen molar-refractivity contribution in [1.82, 2.24) is 0 Å². The first kappa shape index (κ1) is 15.1. The highest BCUT2D eigenvalue weighted by Crippen LogP contribution is 2.26. The van der Waals surface area contributed by atoms with E-state index in [1.54, 1.807) is 6.92 Å². The number of carbonyl (C=O) groups is 2. The number of benzene rings is 1. The van der Waals surface area contributed by atoms with Gasteiger partial charge in [-0.1, -0.05) is 6.07 Å². The summed E-state index contributed by atoms with van der Waals surface area (Å²) in [6, 6.07) is 4.52. The van der Waals surface area contributed by atoms with Gasteiger partial charge < -0.3 is 10.4 Å². The van der Waals surface area contributed by atoms with Crippen molar-refractivity contribution in [2.24, 2.45) is 0 Å². The number of nitrogens with one attached hydrogen (secondary N) is 1. The Morgan fingerprint density at radius 2 is 2.00 bits per heavy atom. The molecule has 7 heteroatoms. The average Bonchev–Trinajstić information content (AvgIpc) is 2.74. The molecule has 2 N–H and O–H groups in total. The maximum atomic E-state index is 13.4. The van der Waals surface area contributed by atoms with Gasteiger partial charge in [-0.25, -0.2) is 13.6 Å². The molecule has 0 aliphatic carbocycles. The number of amides is 1. The van der Waals surface area contributed by atoms with Crippen LogP contribution in [0.2, 0.25) is 0 Å². The molecule has 0 fully saturated rings. The Balaban J connectivity index is 2.08. The normalized spacial score (nSPS) is 10.4. The van der Waals surface area contributed by atoms with E-state index >= 15 is 0 Å². The molecule has 2 aromatic rings. The van der Waals surface area contributed by atoms with Gasteiger partial charge in [-0.15, -0.1) is 11.3 Å². The molecule has 0 atom stereocenters. The van der Waals surface area contributed by atoms with Crippen molar-refractivity contribution in [2.45, 2.75) is 13.3 Å². The first-order chi connectivity index (χ1) is 9.86. The minimum absolute atomic E-state index is 0.0700. The number of carboxylic acid groups (broad SMARTS) is 1. The SMILES string of the molecule is Cc1cc(NC(=O)Cc2ccc(F)cc2F)sc1C(=O)O. The molecule has 2 rings (SSSR count). The second-order valence-electron chi connectivity index (χ2n) is 4.39. The predicted octanol–water partition coefficient (Wildman–Crippen LogP) is 3.21. The third-order valence-corrected chi connectivity index (χ3v) is 3.88. The van der Waals surface area contributed by atoms with Crippen LogP contribution >= 0.6 is 11.3 Å². The maximum absolute atomic E-state index is 13.4. The molecule has 0 unspecified atom stereocenters. The standard InChI is InChI=1S/C14H11F2NO3S/c1-7-4-12(21-13(7)14(19)20)17-11(18)5-8-2-3-9(15)6-10(8)16/h2-4,6H,5H2,1H3,(H,17,18)(H,19,20). The minimum atomic E-state index is -1.07. The molecule has 0 spiro atoms. The molecule has 4 nitrogen and oxygen atoms in total. The van der Waals surface area contributed by atoms with Gasteiger partial charge in [-0.3, -0.25) is 4.79 Å².